The fourth-order valence-electron chi connectivity index (χ4n) is 2.40. The van der Waals surface area contributed by atoms with E-state index in [0.29, 0.717) is 11.4 Å². The van der Waals surface area contributed by atoms with Gasteiger partial charge in [0.2, 0.25) is 5.91 Å². The Hall–Kier alpha value is -2.53. The molecule has 24 heavy (non-hydrogen) atoms. The second-order valence-electron chi connectivity index (χ2n) is 5.50. The molecule has 0 unspecified atom stereocenters. The van der Waals surface area contributed by atoms with E-state index in [1.54, 1.807) is 6.92 Å². The molecule has 5 nitrogen and oxygen atoms in total. The first kappa shape index (κ1) is 17.8. The number of nitrogens with two attached hydrogens (primary N) is 1. The van der Waals surface area contributed by atoms with Gasteiger partial charge in [-0.3, -0.25) is 4.79 Å². The number of halogens is 1. The normalized spacial score (nSPS) is 12.9. The van der Waals surface area contributed by atoms with Gasteiger partial charge in [-0.2, -0.15) is 0 Å². The van der Waals surface area contributed by atoms with Crippen LogP contribution in [0.5, 0.6) is 0 Å². The molecule has 4 N–H and O–H groups in total. The third kappa shape index (κ3) is 4.99. The molecule has 0 spiro atoms. The Kier molecular flexibility index (Phi) is 6.21. The highest BCUT2D eigenvalue weighted by atomic mass is 35.5. The first-order chi connectivity index (χ1) is 11.5. The first-order valence-corrected chi connectivity index (χ1v) is 8.00. The zero-order chi connectivity index (χ0) is 17.5. The largest absolute Gasteiger partial charge is 0.352 e. The molecule has 0 aliphatic heterocycles. The zero-order valence-corrected chi connectivity index (χ0v) is 14.1. The summed E-state index contributed by atoms with van der Waals surface area (Å²) in [5.41, 5.74) is 6.96. The van der Waals surface area contributed by atoms with Gasteiger partial charge in [0, 0.05) is 5.02 Å². The molecule has 2 rings (SSSR count). The summed E-state index contributed by atoms with van der Waals surface area (Å²) >= 11 is 6.24. The number of nitrogens with one attached hydrogen (secondary N) is 2. The lowest BCUT2D eigenvalue weighted by molar-refractivity contribution is -0.123. The molecule has 0 saturated carbocycles. The van der Waals surface area contributed by atoms with Crippen LogP contribution in [0.3, 0.4) is 0 Å². The Labute approximate surface area is 146 Å². The lowest BCUT2D eigenvalue weighted by atomic mass is 9.98. The van der Waals surface area contributed by atoms with Gasteiger partial charge in [-0.05, 0) is 30.5 Å². The minimum atomic E-state index is -0.736. The van der Waals surface area contributed by atoms with Gasteiger partial charge in [-0.25, -0.2) is 4.79 Å². The van der Waals surface area contributed by atoms with E-state index in [1.807, 2.05) is 54.6 Å². The number of primary amides is 1. The maximum absolute atomic E-state index is 12.3. The van der Waals surface area contributed by atoms with Gasteiger partial charge in [0.1, 0.15) is 6.04 Å². The van der Waals surface area contributed by atoms with Crippen LogP contribution in [-0.4, -0.2) is 18.0 Å². The van der Waals surface area contributed by atoms with Gasteiger partial charge < -0.3 is 16.4 Å². The van der Waals surface area contributed by atoms with Crippen LogP contribution in [0.25, 0.3) is 0 Å². The highest BCUT2D eigenvalue weighted by Gasteiger charge is 2.20. The molecule has 0 aliphatic carbocycles. The molecule has 0 bridgehead atoms. The molecule has 2 aromatic rings. The third-order valence-corrected chi connectivity index (χ3v) is 4.02. The predicted molar refractivity (Wildman–Crippen MR) is 94.7 cm³/mol. The number of amides is 3. The average molecular weight is 346 g/mol. The summed E-state index contributed by atoms with van der Waals surface area (Å²) in [6.45, 7) is 1.58. The van der Waals surface area contributed by atoms with E-state index in [2.05, 4.69) is 10.6 Å². The topological polar surface area (TPSA) is 84.2 Å². The SMILES string of the molecule is C[C@@H](NC(N)=O)C(=O)N[C@@H](Cc1ccccc1Cl)c1ccccc1. The van der Waals surface area contributed by atoms with E-state index in [9.17, 15) is 9.59 Å². The molecule has 6 heteroatoms. The zero-order valence-electron chi connectivity index (χ0n) is 13.3. The molecule has 0 saturated heterocycles. The van der Waals surface area contributed by atoms with E-state index in [-0.39, 0.29) is 11.9 Å². The predicted octanol–water partition coefficient (Wildman–Crippen LogP) is 2.80. The molecule has 2 atom stereocenters. The van der Waals surface area contributed by atoms with Gasteiger partial charge in [0.15, 0.2) is 0 Å². The van der Waals surface area contributed by atoms with Crippen molar-refractivity contribution >= 4 is 23.5 Å². The number of carbonyl (C=O) groups is 2. The number of carbonyl (C=O) groups excluding carboxylic acids is 2. The average Bonchev–Trinajstić information content (AvgIpc) is 2.56. The summed E-state index contributed by atoms with van der Waals surface area (Å²) in [6.07, 6.45) is 0.540. The molecule has 126 valence electrons. The van der Waals surface area contributed by atoms with Crippen molar-refractivity contribution in [2.45, 2.75) is 25.4 Å². The van der Waals surface area contributed by atoms with Gasteiger partial charge in [0.25, 0.3) is 0 Å². The summed E-state index contributed by atoms with van der Waals surface area (Å²) in [6, 6.07) is 15.4. The third-order valence-electron chi connectivity index (χ3n) is 3.65. The van der Waals surface area contributed by atoms with E-state index in [0.717, 1.165) is 11.1 Å². The van der Waals surface area contributed by atoms with Crippen molar-refractivity contribution in [2.24, 2.45) is 5.73 Å². The van der Waals surface area contributed by atoms with Crippen LogP contribution in [0.2, 0.25) is 5.02 Å². The minimum absolute atomic E-state index is 0.268. The Bertz CT molecular complexity index is 706. The van der Waals surface area contributed by atoms with Crippen molar-refractivity contribution in [1.29, 1.82) is 0 Å². The van der Waals surface area contributed by atoms with Crippen molar-refractivity contribution in [3.8, 4) is 0 Å². The van der Waals surface area contributed by atoms with E-state index in [1.165, 1.54) is 0 Å². The Morgan fingerprint density at radius 2 is 1.67 bits per heavy atom. The second kappa shape index (κ2) is 8.36. The fraction of sp³-hybridized carbons (Fsp3) is 0.222. The Balaban J connectivity index is 2.19. The fourth-order valence-corrected chi connectivity index (χ4v) is 2.61. The van der Waals surface area contributed by atoms with Crippen LogP contribution in [0.15, 0.2) is 54.6 Å². The Morgan fingerprint density at radius 1 is 1.04 bits per heavy atom. The van der Waals surface area contributed by atoms with E-state index in [4.69, 9.17) is 17.3 Å². The van der Waals surface area contributed by atoms with Gasteiger partial charge >= 0.3 is 6.03 Å². The van der Waals surface area contributed by atoms with Gasteiger partial charge in [-0.15, -0.1) is 0 Å². The maximum atomic E-state index is 12.3. The lowest BCUT2D eigenvalue weighted by Crippen LogP contribution is -2.47. The number of benzene rings is 2. The highest BCUT2D eigenvalue weighted by molar-refractivity contribution is 6.31. The molecule has 0 fully saturated rings. The number of urea groups is 1. The summed E-state index contributed by atoms with van der Waals surface area (Å²) in [7, 11) is 0. The van der Waals surface area contributed by atoms with Crippen LogP contribution in [0, 0.1) is 0 Å². The first-order valence-electron chi connectivity index (χ1n) is 7.62. The van der Waals surface area contributed by atoms with Crippen molar-refractivity contribution in [3.05, 3.63) is 70.7 Å². The molecular weight excluding hydrogens is 326 g/mol. The number of rotatable bonds is 6. The minimum Gasteiger partial charge on any atom is -0.352 e. The van der Waals surface area contributed by atoms with Crippen LogP contribution < -0.4 is 16.4 Å². The number of hydrogen-bond donors (Lipinski definition) is 3. The van der Waals surface area contributed by atoms with E-state index < -0.39 is 12.1 Å². The monoisotopic (exact) mass is 345 g/mol. The van der Waals surface area contributed by atoms with Crippen molar-refractivity contribution in [2.75, 3.05) is 0 Å². The maximum Gasteiger partial charge on any atom is 0.312 e. The van der Waals surface area contributed by atoms with Crippen LogP contribution >= 0.6 is 11.6 Å². The molecule has 0 aliphatic rings. The molecular formula is C18H20ClN3O2. The van der Waals surface area contributed by atoms with E-state index >= 15 is 0 Å². The number of hydrogen-bond acceptors (Lipinski definition) is 2. The molecule has 2 aromatic carbocycles. The van der Waals surface area contributed by atoms with Crippen LogP contribution in [-0.2, 0) is 11.2 Å². The lowest BCUT2D eigenvalue weighted by Gasteiger charge is -2.22. The summed E-state index contributed by atoms with van der Waals surface area (Å²) in [5.74, 6) is -0.310. The van der Waals surface area contributed by atoms with Gasteiger partial charge in [0.05, 0.1) is 6.04 Å². The molecule has 3 amide bonds. The van der Waals surface area contributed by atoms with Crippen molar-refractivity contribution in [1.82, 2.24) is 10.6 Å². The van der Waals surface area contributed by atoms with Crippen LogP contribution in [0.1, 0.15) is 24.1 Å². The second-order valence-corrected chi connectivity index (χ2v) is 5.90. The van der Waals surface area contributed by atoms with Crippen molar-refractivity contribution in [3.63, 3.8) is 0 Å². The van der Waals surface area contributed by atoms with Gasteiger partial charge in [-0.1, -0.05) is 60.1 Å². The summed E-state index contributed by atoms with van der Waals surface area (Å²) in [5, 5.41) is 5.97. The molecule has 0 radical (unpaired) electrons. The molecule has 0 heterocycles. The van der Waals surface area contributed by atoms with Crippen molar-refractivity contribution < 1.29 is 9.59 Å². The quantitative estimate of drug-likeness (QED) is 0.752. The standard InChI is InChI=1S/C18H20ClN3O2/c1-12(21-18(20)24)17(23)22-16(13-7-3-2-4-8-13)11-14-9-5-6-10-15(14)19/h2-10,12,16H,11H2,1H3,(H,22,23)(H3,20,21,24)/t12-,16+/m1/s1. The molecule has 0 aromatic heterocycles. The smallest absolute Gasteiger partial charge is 0.312 e. The van der Waals surface area contributed by atoms with Crippen LogP contribution in [0.4, 0.5) is 4.79 Å². The summed E-state index contributed by atoms with van der Waals surface area (Å²) in [4.78, 5) is 23.2. The summed E-state index contributed by atoms with van der Waals surface area (Å²) < 4.78 is 0. The highest BCUT2D eigenvalue weighted by Crippen LogP contribution is 2.23. The Morgan fingerprint density at radius 3 is 2.29 bits per heavy atom.